The summed E-state index contributed by atoms with van der Waals surface area (Å²) in [5.41, 5.74) is 0.542. The third-order valence-corrected chi connectivity index (χ3v) is 5.74. The van der Waals surface area contributed by atoms with Crippen LogP contribution in [0.15, 0.2) is 45.1 Å². The van der Waals surface area contributed by atoms with Crippen molar-refractivity contribution in [1.29, 1.82) is 0 Å². The minimum Gasteiger partial charge on any atom is -0.321 e. The van der Waals surface area contributed by atoms with E-state index in [4.69, 9.17) is 0 Å². The highest BCUT2D eigenvalue weighted by Gasteiger charge is 2.13. The molecule has 112 valence electrons. The highest BCUT2D eigenvalue weighted by molar-refractivity contribution is 9.11. The summed E-state index contributed by atoms with van der Waals surface area (Å²) in [5.74, 6) is -0.229. The Morgan fingerprint density at radius 1 is 1.19 bits per heavy atom. The Hall–Kier alpha value is -1.22. The van der Waals surface area contributed by atoms with Crippen LogP contribution in [0.1, 0.15) is 16.6 Å². The molecule has 0 aliphatic heterocycles. The Kier molecular flexibility index (Phi) is 5.15. The van der Waals surface area contributed by atoms with E-state index in [-0.39, 0.29) is 10.8 Å². The van der Waals surface area contributed by atoms with Crippen LogP contribution in [0.2, 0.25) is 0 Å². The second-order valence-corrected chi connectivity index (χ2v) is 8.31. The number of halogens is 1. The molecule has 0 radical (unpaired) electrons. The molecule has 1 heterocycles. The van der Waals surface area contributed by atoms with Gasteiger partial charge in [-0.2, -0.15) is 0 Å². The number of amides is 1. The molecule has 0 aliphatic rings. The molecule has 0 spiro atoms. The van der Waals surface area contributed by atoms with Crippen molar-refractivity contribution in [2.45, 2.75) is 11.8 Å². The molecule has 0 fully saturated rings. The van der Waals surface area contributed by atoms with Crippen LogP contribution >= 0.6 is 27.3 Å². The molecule has 1 amide bonds. The van der Waals surface area contributed by atoms with Gasteiger partial charge < -0.3 is 5.32 Å². The van der Waals surface area contributed by atoms with E-state index in [1.165, 1.54) is 23.5 Å². The average molecular weight is 389 g/mol. The molecule has 0 unspecified atom stereocenters. The first-order chi connectivity index (χ1) is 9.92. The fourth-order valence-electron chi connectivity index (χ4n) is 1.62. The summed E-state index contributed by atoms with van der Waals surface area (Å²) >= 11 is 4.62. The highest BCUT2D eigenvalue weighted by Crippen LogP contribution is 2.23. The van der Waals surface area contributed by atoms with Crippen LogP contribution in [-0.4, -0.2) is 20.9 Å². The summed E-state index contributed by atoms with van der Waals surface area (Å²) in [4.78, 5) is 12.7. The number of sulfonamides is 1. The smallest absolute Gasteiger partial charge is 0.265 e. The maximum Gasteiger partial charge on any atom is 0.265 e. The SMILES string of the molecule is CCNS(=O)(=O)c1ccc(NC(=O)c2ccc(Br)s2)cc1. The lowest BCUT2D eigenvalue weighted by Gasteiger charge is -2.07. The van der Waals surface area contributed by atoms with E-state index < -0.39 is 10.0 Å². The number of hydrogen-bond donors (Lipinski definition) is 2. The molecule has 1 aromatic carbocycles. The molecule has 0 atom stereocenters. The number of benzene rings is 1. The van der Waals surface area contributed by atoms with Gasteiger partial charge in [-0.15, -0.1) is 11.3 Å². The van der Waals surface area contributed by atoms with Gasteiger partial charge in [-0.05, 0) is 52.3 Å². The average Bonchev–Trinajstić information content (AvgIpc) is 2.86. The Morgan fingerprint density at radius 3 is 2.38 bits per heavy atom. The van der Waals surface area contributed by atoms with Gasteiger partial charge in [0.25, 0.3) is 5.91 Å². The van der Waals surface area contributed by atoms with Crippen LogP contribution in [0.4, 0.5) is 5.69 Å². The standard InChI is InChI=1S/C13H13BrN2O3S2/c1-2-15-21(18,19)10-5-3-9(4-6-10)16-13(17)11-7-8-12(14)20-11/h3-8,15H,2H2,1H3,(H,16,17). The van der Waals surface area contributed by atoms with E-state index in [0.717, 1.165) is 3.79 Å². The number of carbonyl (C=O) groups is 1. The molecule has 0 saturated heterocycles. The fraction of sp³-hybridized carbons (Fsp3) is 0.154. The maximum absolute atomic E-state index is 12.0. The fourth-order valence-corrected chi connectivity index (χ4v) is 3.94. The van der Waals surface area contributed by atoms with E-state index in [2.05, 4.69) is 26.0 Å². The van der Waals surface area contributed by atoms with E-state index in [0.29, 0.717) is 17.1 Å². The molecule has 5 nitrogen and oxygen atoms in total. The summed E-state index contributed by atoms with van der Waals surface area (Å²) in [6, 6.07) is 9.55. The van der Waals surface area contributed by atoms with Crippen molar-refractivity contribution in [3.63, 3.8) is 0 Å². The van der Waals surface area contributed by atoms with Gasteiger partial charge in [-0.3, -0.25) is 4.79 Å². The summed E-state index contributed by atoms with van der Waals surface area (Å²) in [6.07, 6.45) is 0. The molecule has 0 bridgehead atoms. The Balaban J connectivity index is 2.11. The number of rotatable bonds is 5. The molecule has 21 heavy (non-hydrogen) atoms. The number of carbonyl (C=O) groups excluding carboxylic acids is 1. The van der Waals surface area contributed by atoms with Crippen LogP contribution in [0.5, 0.6) is 0 Å². The quantitative estimate of drug-likeness (QED) is 0.826. The van der Waals surface area contributed by atoms with Crippen molar-refractivity contribution in [2.75, 3.05) is 11.9 Å². The number of thiophene rings is 1. The first kappa shape index (κ1) is 16.2. The van der Waals surface area contributed by atoms with E-state index in [9.17, 15) is 13.2 Å². The van der Waals surface area contributed by atoms with Gasteiger partial charge in [-0.1, -0.05) is 6.92 Å². The molecule has 2 N–H and O–H groups in total. The summed E-state index contributed by atoms with van der Waals surface area (Å²) in [6.45, 7) is 2.04. The van der Waals surface area contributed by atoms with Crippen molar-refractivity contribution < 1.29 is 13.2 Å². The van der Waals surface area contributed by atoms with Crippen LogP contribution in [0.3, 0.4) is 0 Å². The Bertz CT molecular complexity index is 739. The molecule has 2 aromatic rings. The molecule has 0 aliphatic carbocycles. The van der Waals surface area contributed by atoms with Crippen molar-refractivity contribution in [2.24, 2.45) is 0 Å². The first-order valence-corrected chi connectivity index (χ1v) is 9.18. The molecular formula is C13H13BrN2O3S2. The Labute approximate surface area is 135 Å². The zero-order valence-electron chi connectivity index (χ0n) is 11.1. The predicted octanol–water partition coefficient (Wildman–Crippen LogP) is 3.06. The van der Waals surface area contributed by atoms with E-state index >= 15 is 0 Å². The second-order valence-electron chi connectivity index (χ2n) is 4.08. The lowest BCUT2D eigenvalue weighted by atomic mass is 10.3. The third-order valence-electron chi connectivity index (χ3n) is 2.55. The van der Waals surface area contributed by atoms with Crippen molar-refractivity contribution in [3.8, 4) is 0 Å². The minimum atomic E-state index is -3.47. The van der Waals surface area contributed by atoms with Crippen LogP contribution in [0.25, 0.3) is 0 Å². The van der Waals surface area contributed by atoms with Gasteiger partial charge in [-0.25, -0.2) is 13.1 Å². The highest BCUT2D eigenvalue weighted by atomic mass is 79.9. The van der Waals surface area contributed by atoms with E-state index in [1.54, 1.807) is 31.2 Å². The topological polar surface area (TPSA) is 75.3 Å². The van der Waals surface area contributed by atoms with Gasteiger partial charge in [0.15, 0.2) is 0 Å². The van der Waals surface area contributed by atoms with Crippen molar-refractivity contribution in [3.05, 3.63) is 45.1 Å². The summed E-state index contributed by atoms with van der Waals surface area (Å²) in [7, 11) is -3.47. The maximum atomic E-state index is 12.0. The largest absolute Gasteiger partial charge is 0.321 e. The zero-order chi connectivity index (χ0) is 15.5. The van der Waals surface area contributed by atoms with Crippen molar-refractivity contribution >= 4 is 48.9 Å². The van der Waals surface area contributed by atoms with Gasteiger partial charge in [0, 0.05) is 12.2 Å². The lowest BCUT2D eigenvalue weighted by molar-refractivity contribution is 0.103. The van der Waals surface area contributed by atoms with Crippen LogP contribution in [0, 0.1) is 0 Å². The first-order valence-electron chi connectivity index (χ1n) is 6.09. The lowest BCUT2D eigenvalue weighted by Crippen LogP contribution is -2.23. The van der Waals surface area contributed by atoms with Gasteiger partial charge in [0.05, 0.1) is 13.6 Å². The monoisotopic (exact) mass is 388 g/mol. The van der Waals surface area contributed by atoms with E-state index in [1.807, 2.05) is 0 Å². The summed E-state index contributed by atoms with van der Waals surface area (Å²) < 4.78 is 26.9. The summed E-state index contributed by atoms with van der Waals surface area (Å²) in [5, 5.41) is 2.72. The number of anilines is 1. The molecular weight excluding hydrogens is 376 g/mol. The molecule has 2 rings (SSSR count). The normalized spacial score (nSPS) is 11.3. The molecule has 0 saturated carbocycles. The van der Waals surface area contributed by atoms with Gasteiger partial charge in [0.2, 0.25) is 10.0 Å². The molecule has 8 heteroatoms. The van der Waals surface area contributed by atoms with Crippen LogP contribution < -0.4 is 10.0 Å². The predicted molar refractivity (Wildman–Crippen MR) is 87.3 cm³/mol. The number of hydrogen-bond acceptors (Lipinski definition) is 4. The van der Waals surface area contributed by atoms with Gasteiger partial charge >= 0.3 is 0 Å². The van der Waals surface area contributed by atoms with Crippen LogP contribution in [-0.2, 0) is 10.0 Å². The zero-order valence-corrected chi connectivity index (χ0v) is 14.3. The van der Waals surface area contributed by atoms with Crippen molar-refractivity contribution in [1.82, 2.24) is 4.72 Å². The third kappa shape index (κ3) is 4.13. The van der Waals surface area contributed by atoms with Gasteiger partial charge in [0.1, 0.15) is 0 Å². The minimum absolute atomic E-state index is 0.168. The molecule has 1 aromatic heterocycles. The number of nitrogens with one attached hydrogen (secondary N) is 2. The second kappa shape index (κ2) is 6.69. The Morgan fingerprint density at radius 2 is 1.86 bits per heavy atom.